The highest BCUT2D eigenvalue weighted by Gasteiger charge is 2.38. The molecule has 10 nitrogen and oxygen atoms in total. The summed E-state index contributed by atoms with van der Waals surface area (Å²) in [5.74, 6) is -2.65. The van der Waals surface area contributed by atoms with Crippen LogP contribution in [0.5, 0.6) is 11.5 Å². The normalized spacial score (nSPS) is 14.7. The number of aliphatic carboxylic acids is 2. The van der Waals surface area contributed by atoms with Crippen LogP contribution in [0.3, 0.4) is 0 Å². The number of alkyl halides is 6. The Morgan fingerprint density at radius 3 is 2.13 bits per heavy atom. The van der Waals surface area contributed by atoms with Gasteiger partial charge in [0.15, 0.2) is 11.5 Å². The Morgan fingerprint density at radius 1 is 1.03 bits per heavy atom. The number of carbonyl (C=O) groups is 2. The van der Waals surface area contributed by atoms with Crippen LogP contribution in [0.25, 0.3) is 0 Å². The van der Waals surface area contributed by atoms with Crippen LogP contribution in [0, 0.1) is 0 Å². The van der Waals surface area contributed by atoms with Crippen molar-refractivity contribution < 1.29 is 55.6 Å². The fourth-order valence-electron chi connectivity index (χ4n) is 3.31. The number of ether oxygens (including phenoxy) is 2. The first-order chi connectivity index (χ1) is 18.0. The van der Waals surface area contributed by atoms with Gasteiger partial charge >= 0.3 is 24.3 Å². The summed E-state index contributed by atoms with van der Waals surface area (Å²) in [6.45, 7) is 9.49. The maximum atomic E-state index is 10.6. The van der Waals surface area contributed by atoms with Gasteiger partial charge in [0, 0.05) is 38.4 Å². The minimum Gasteiger partial charge on any atom is -0.475 e. The Hall–Kier alpha value is -3.53. The predicted octanol–water partition coefficient (Wildman–Crippen LogP) is 3.73. The number of halogens is 6. The molecule has 1 aromatic carbocycles. The lowest BCUT2D eigenvalue weighted by molar-refractivity contribution is -0.193. The monoisotopic (exact) mass is 570 g/mol. The second-order valence-electron chi connectivity index (χ2n) is 8.85. The third kappa shape index (κ3) is 9.94. The molecule has 16 heteroatoms. The summed E-state index contributed by atoms with van der Waals surface area (Å²) in [5, 5.41) is 14.2. The number of hydrogen-bond donors (Lipinski definition) is 2. The van der Waals surface area contributed by atoms with Gasteiger partial charge < -0.3 is 24.3 Å². The van der Waals surface area contributed by atoms with Crippen molar-refractivity contribution in [3.05, 3.63) is 41.5 Å². The lowest BCUT2D eigenvalue weighted by Gasteiger charge is -2.27. The van der Waals surface area contributed by atoms with Crippen LogP contribution in [0.1, 0.15) is 30.9 Å². The fourth-order valence-corrected chi connectivity index (χ4v) is 3.31. The van der Waals surface area contributed by atoms with Crippen LogP contribution in [-0.4, -0.2) is 80.3 Å². The Balaban J connectivity index is 0.000000317. The maximum absolute atomic E-state index is 10.6. The van der Waals surface area contributed by atoms with Gasteiger partial charge in [-0.3, -0.25) is 9.80 Å². The number of hydrogen-bond acceptors (Lipinski definition) is 7. The first kappa shape index (κ1) is 31.7. The molecule has 218 valence electrons. The van der Waals surface area contributed by atoms with E-state index >= 15 is 0 Å². The van der Waals surface area contributed by atoms with E-state index in [1.165, 1.54) is 11.4 Å². The van der Waals surface area contributed by atoms with Crippen molar-refractivity contribution >= 4 is 11.9 Å². The zero-order valence-electron chi connectivity index (χ0n) is 21.2. The molecule has 39 heavy (non-hydrogen) atoms. The summed E-state index contributed by atoms with van der Waals surface area (Å²) >= 11 is 0. The molecule has 0 bridgehead atoms. The van der Waals surface area contributed by atoms with E-state index in [0.29, 0.717) is 12.8 Å². The van der Waals surface area contributed by atoms with Gasteiger partial charge in [0.25, 0.3) is 0 Å². The van der Waals surface area contributed by atoms with Gasteiger partial charge in [0.1, 0.15) is 5.82 Å². The van der Waals surface area contributed by atoms with Gasteiger partial charge in [0.2, 0.25) is 6.79 Å². The molecule has 2 N–H and O–H groups in total. The average molecular weight is 570 g/mol. The van der Waals surface area contributed by atoms with E-state index in [9.17, 15) is 26.3 Å². The molecular weight excluding hydrogens is 542 g/mol. The molecule has 0 spiro atoms. The summed E-state index contributed by atoms with van der Waals surface area (Å²) in [6.07, 6.45) is -7.95. The van der Waals surface area contributed by atoms with Gasteiger partial charge in [-0.15, -0.1) is 0 Å². The van der Waals surface area contributed by atoms with Gasteiger partial charge in [-0.25, -0.2) is 14.6 Å². The van der Waals surface area contributed by atoms with E-state index < -0.39 is 24.3 Å². The lowest BCUT2D eigenvalue weighted by Crippen LogP contribution is -2.33. The van der Waals surface area contributed by atoms with Crippen LogP contribution in [0.2, 0.25) is 0 Å². The largest absolute Gasteiger partial charge is 0.490 e. The number of benzene rings is 1. The van der Waals surface area contributed by atoms with Crippen LogP contribution >= 0.6 is 0 Å². The number of imidazole rings is 1. The molecule has 0 fully saturated rings. The summed E-state index contributed by atoms with van der Waals surface area (Å²) in [4.78, 5) is 27.4. The molecule has 0 saturated heterocycles. The third-order valence-corrected chi connectivity index (χ3v) is 5.55. The van der Waals surface area contributed by atoms with Crippen molar-refractivity contribution in [2.75, 3.05) is 20.4 Å². The summed E-state index contributed by atoms with van der Waals surface area (Å²) < 4.78 is 76.6. The number of rotatable bonds is 5. The Kier molecular flexibility index (Phi) is 10.6. The first-order valence-electron chi connectivity index (χ1n) is 11.4. The zero-order chi connectivity index (χ0) is 29.5. The minimum atomic E-state index is -5.08. The van der Waals surface area contributed by atoms with Gasteiger partial charge in [-0.2, -0.15) is 26.3 Å². The minimum absolute atomic E-state index is 0.327. The van der Waals surface area contributed by atoms with Crippen molar-refractivity contribution in [3.8, 4) is 11.5 Å². The molecule has 0 amide bonds. The highest BCUT2D eigenvalue weighted by atomic mass is 19.4. The van der Waals surface area contributed by atoms with E-state index in [4.69, 9.17) is 34.3 Å². The van der Waals surface area contributed by atoms with Gasteiger partial charge in [-0.1, -0.05) is 6.07 Å². The third-order valence-electron chi connectivity index (χ3n) is 5.55. The molecule has 0 saturated carbocycles. The Morgan fingerprint density at radius 2 is 1.59 bits per heavy atom. The smallest absolute Gasteiger partial charge is 0.475 e. The van der Waals surface area contributed by atoms with Crippen molar-refractivity contribution in [2.45, 2.75) is 58.4 Å². The highest BCUT2D eigenvalue weighted by molar-refractivity contribution is 5.73. The van der Waals surface area contributed by atoms with Crippen molar-refractivity contribution in [3.63, 3.8) is 0 Å². The topological polar surface area (TPSA) is 117 Å². The van der Waals surface area contributed by atoms with E-state index in [2.05, 4.69) is 53.6 Å². The summed E-state index contributed by atoms with van der Waals surface area (Å²) in [6, 6.07) is 6.74. The molecule has 0 radical (unpaired) electrons. The van der Waals surface area contributed by atoms with Crippen molar-refractivity contribution in [2.24, 2.45) is 0 Å². The number of nitrogens with zero attached hydrogens (tertiary/aromatic N) is 4. The van der Waals surface area contributed by atoms with Gasteiger partial charge in [0.05, 0.1) is 12.2 Å². The number of carboxylic acids is 2. The molecular formula is C23H28F6N4O6. The molecule has 1 aromatic heterocycles. The molecule has 2 aliphatic rings. The SMILES string of the molecule is CC(C)N(C)Cc1cn2c(n1)CN(Cc1ccc3c(c1)OCO3)CC2.O=C(O)C(F)(F)F.O=C(O)C(F)(F)F. The van der Waals surface area contributed by atoms with E-state index in [1.54, 1.807) is 0 Å². The van der Waals surface area contributed by atoms with E-state index in [-0.39, 0.29) is 0 Å². The number of fused-ring (bicyclic) bond motifs is 2. The fraction of sp³-hybridized carbons (Fsp3) is 0.522. The Labute approximate surface area is 219 Å². The quantitative estimate of drug-likeness (QED) is 0.519. The standard InChI is InChI=1S/C19H26N4O2.2C2HF3O2/c1-14(2)21(3)10-16-11-23-7-6-22(12-19(23)20-16)9-15-4-5-17-18(8-15)25-13-24-17;2*3-2(4,5)1(6)7/h4-5,8,11,14H,6-7,9-10,12-13H2,1-3H3;2*(H,6,7). The summed E-state index contributed by atoms with van der Waals surface area (Å²) in [7, 11) is 2.15. The maximum Gasteiger partial charge on any atom is 0.490 e. The first-order valence-corrected chi connectivity index (χ1v) is 11.4. The number of aromatic nitrogens is 2. The second kappa shape index (κ2) is 13.0. The summed E-state index contributed by atoms with van der Waals surface area (Å²) in [5.41, 5.74) is 2.42. The van der Waals surface area contributed by atoms with Crippen molar-refractivity contribution in [1.29, 1.82) is 0 Å². The molecule has 0 unspecified atom stereocenters. The van der Waals surface area contributed by atoms with E-state index in [1.807, 2.05) is 6.07 Å². The Bertz CT molecular complexity index is 1110. The van der Waals surface area contributed by atoms with Gasteiger partial charge in [-0.05, 0) is 38.6 Å². The molecule has 2 aliphatic heterocycles. The van der Waals surface area contributed by atoms with Crippen molar-refractivity contribution in [1.82, 2.24) is 19.4 Å². The second-order valence-corrected chi connectivity index (χ2v) is 8.85. The molecule has 0 aliphatic carbocycles. The number of carboxylic acid groups (broad SMARTS) is 2. The average Bonchev–Trinajstić information content (AvgIpc) is 3.44. The molecule has 4 rings (SSSR count). The zero-order valence-corrected chi connectivity index (χ0v) is 21.2. The molecule has 0 atom stereocenters. The van der Waals surface area contributed by atoms with Crippen LogP contribution in [0.4, 0.5) is 26.3 Å². The highest BCUT2D eigenvalue weighted by Crippen LogP contribution is 2.33. The van der Waals surface area contributed by atoms with Crippen LogP contribution in [0.15, 0.2) is 24.4 Å². The molecule has 2 aromatic rings. The lowest BCUT2D eigenvalue weighted by atomic mass is 10.2. The predicted molar refractivity (Wildman–Crippen MR) is 123 cm³/mol. The molecule has 3 heterocycles. The van der Waals surface area contributed by atoms with Crippen LogP contribution < -0.4 is 9.47 Å². The van der Waals surface area contributed by atoms with E-state index in [0.717, 1.165) is 49.9 Å². The van der Waals surface area contributed by atoms with Crippen LogP contribution in [-0.2, 0) is 35.8 Å².